The van der Waals surface area contributed by atoms with E-state index in [1.54, 1.807) is 23.0 Å². The van der Waals surface area contributed by atoms with Gasteiger partial charge in [0.05, 0.1) is 15.7 Å². The van der Waals surface area contributed by atoms with Crippen LogP contribution in [0.3, 0.4) is 0 Å². The minimum absolute atomic E-state index is 0.320. The van der Waals surface area contributed by atoms with Crippen LogP contribution >= 0.6 is 15.9 Å². The van der Waals surface area contributed by atoms with E-state index in [0.717, 1.165) is 16.8 Å². The van der Waals surface area contributed by atoms with E-state index in [1.807, 2.05) is 32.2 Å². The quantitative estimate of drug-likeness (QED) is 0.615. The second-order valence-corrected chi connectivity index (χ2v) is 5.55. The van der Waals surface area contributed by atoms with E-state index >= 15 is 0 Å². The zero-order valence-electron chi connectivity index (χ0n) is 12.8. The predicted octanol–water partition coefficient (Wildman–Crippen LogP) is 4.75. The van der Waals surface area contributed by atoms with Gasteiger partial charge in [-0.2, -0.15) is 5.10 Å². The zero-order chi connectivity index (χ0) is 16.4. The molecule has 0 radical (unpaired) electrons. The molecule has 1 aliphatic rings. The number of fused-ring (bicyclic) bond motifs is 3. The third-order valence-electron chi connectivity index (χ3n) is 3.35. The highest BCUT2D eigenvalue weighted by Crippen LogP contribution is 2.35. The van der Waals surface area contributed by atoms with Gasteiger partial charge in [0, 0.05) is 24.0 Å². The van der Waals surface area contributed by atoms with E-state index in [4.69, 9.17) is 4.74 Å². The molecule has 4 rings (SSSR count). The van der Waals surface area contributed by atoms with Crippen molar-refractivity contribution in [1.82, 2.24) is 14.8 Å². The van der Waals surface area contributed by atoms with Gasteiger partial charge in [0.25, 0.3) is 0 Å². The fourth-order valence-electron chi connectivity index (χ4n) is 2.33. The molecule has 0 spiro atoms. The first kappa shape index (κ1) is 15.7. The van der Waals surface area contributed by atoms with E-state index in [2.05, 4.69) is 26.0 Å². The largest absolute Gasteiger partial charge is 0.472 e. The first-order valence-corrected chi connectivity index (χ1v) is 8.14. The van der Waals surface area contributed by atoms with Crippen molar-refractivity contribution < 1.29 is 9.13 Å². The molecular formula is C17H15BrFN3O. The van der Waals surface area contributed by atoms with E-state index in [9.17, 15) is 4.39 Å². The summed E-state index contributed by atoms with van der Waals surface area (Å²) in [5.41, 5.74) is 3.30. The number of hydrogen-bond acceptors (Lipinski definition) is 3. The molecule has 0 aliphatic carbocycles. The summed E-state index contributed by atoms with van der Waals surface area (Å²) in [6, 6.07) is 8.66. The monoisotopic (exact) mass is 375 g/mol. The van der Waals surface area contributed by atoms with Gasteiger partial charge in [0.1, 0.15) is 18.1 Å². The maximum absolute atomic E-state index is 13.7. The van der Waals surface area contributed by atoms with Crippen molar-refractivity contribution in [3.05, 3.63) is 58.6 Å². The Balaban J connectivity index is 0.000000753. The molecule has 0 atom stereocenters. The normalized spacial score (nSPS) is 11.7. The van der Waals surface area contributed by atoms with Crippen molar-refractivity contribution >= 4 is 15.9 Å². The highest BCUT2D eigenvalue weighted by atomic mass is 79.9. The Morgan fingerprint density at radius 1 is 1.26 bits per heavy atom. The number of aromatic nitrogens is 3. The molecule has 1 aromatic carbocycles. The number of pyridine rings is 1. The number of halogens is 2. The molecule has 23 heavy (non-hydrogen) atoms. The Hall–Kier alpha value is -2.21. The fraction of sp³-hybridized carbons (Fsp3) is 0.176. The minimum Gasteiger partial charge on any atom is -0.472 e. The summed E-state index contributed by atoms with van der Waals surface area (Å²) in [4.78, 5) is 4.19. The number of ether oxygens (including phenoxy) is 1. The Labute approximate surface area is 142 Å². The van der Waals surface area contributed by atoms with Crippen LogP contribution < -0.4 is 4.74 Å². The van der Waals surface area contributed by atoms with Gasteiger partial charge in [0.2, 0.25) is 5.88 Å². The van der Waals surface area contributed by atoms with E-state index in [1.165, 1.54) is 6.07 Å². The summed E-state index contributed by atoms with van der Waals surface area (Å²) in [6.07, 6.45) is 3.54. The average Bonchev–Trinajstić information content (AvgIpc) is 3.04. The molecule has 3 aromatic rings. The van der Waals surface area contributed by atoms with Crippen molar-refractivity contribution in [2.24, 2.45) is 0 Å². The Morgan fingerprint density at radius 3 is 2.87 bits per heavy atom. The van der Waals surface area contributed by atoms with E-state index in [-0.39, 0.29) is 5.82 Å². The smallest absolute Gasteiger partial charge is 0.223 e. The average molecular weight is 376 g/mol. The summed E-state index contributed by atoms with van der Waals surface area (Å²) in [6.45, 7) is 4.42. The molecule has 0 unspecified atom stereocenters. The van der Waals surface area contributed by atoms with Gasteiger partial charge in [0.15, 0.2) is 0 Å². The van der Waals surface area contributed by atoms with Crippen LogP contribution in [0.5, 0.6) is 5.88 Å². The van der Waals surface area contributed by atoms with Crippen molar-refractivity contribution in [3.8, 4) is 22.8 Å². The summed E-state index contributed by atoms with van der Waals surface area (Å²) in [5, 5.41) is 4.55. The van der Waals surface area contributed by atoms with Gasteiger partial charge in [-0.1, -0.05) is 13.8 Å². The SMILES string of the molecule is CC.Fc1cc(-n2cc3c(n2)-c2cccnc2OC3)ccc1Br. The standard InChI is InChI=1S/C15H9BrFN3O.C2H6/c16-12-4-3-10(6-13(12)17)20-7-9-8-21-15-11(14(9)19-20)2-1-5-18-15;1-2/h1-7H,8H2;1-2H3. The van der Waals surface area contributed by atoms with Crippen LogP contribution in [-0.2, 0) is 6.61 Å². The zero-order valence-corrected chi connectivity index (χ0v) is 14.3. The van der Waals surface area contributed by atoms with Crippen LogP contribution in [0.15, 0.2) is 47.2 Å². The Morgan fingerprint density at radius 2 is 2.09 bits per heavy atom. The van der Waals surface area contributed by atoms with Gasteiger partial charge < -0.3 is 4.74 Å². The van der Waals surface area contributed by atoms with E-state index < -0.39 is 0 Å². The molecule has 0 bridgehead atoms. The van der Waals surface area contributed by atoms with Gasteiger partial charge in [-0.05, 0) is 40.2 Å². The summed E-state index contributed by atoms with van der Waals surface area (Å²) in [5.74, 6) is 0.261. The first-order valence-electron chi connectivity index (χ1n) is 7.34. The molecule has 1 aliphatic heterocycles. The molecule has 2 aromatic heterocycles. The van der Waals surface area contributed by atoms with Crippen LogP contribution in [-0.4, -0.2) is 14.8 Å². The molecule has 0 N–H and O–H groups in total. The molecule has 6 heteroatoms. The van der Waals surface area contributed by atoms with Crippen LogP contribution in [0, 0.1) is 5.82 Å². The maximum atomic E-state index is 13.7. The molecule has 0 fully saturated rings. The van der Waals surface area contributed by atoms with Crippen LogP contribution in [0.1, 0.15) is 19.4 Å². The van der Waals surface area contributed by atoms with E-state index in [0.29, 0.717) is 22.6 Å². The lowest BCUT2D eigenvalue weighted by atomic mass is 10.1. The van der Waals surface area contributed by atoms with Crippen molar-refractivity contribution in [1.29, 1.82) is 0 Å². The third-order valence-corrected chi connectivity index (χ3v) is 3.99. The minimum atomic E-state index is -0.320. The van der Waals surface area contributed by atoms with Crippen LogP contribution in [0.2, 0.25) is 0 Å². The highest BCUT2D eigenvalue weighted by Gasteiger charge is 2.22. The van der Waals surface area contributed by atoms with Crippen LogP contribution in [0.25, 0.3) is 16.9 Å². The van der Waals surface area contributed by atoms with Gasteiger partial charge in [-0.15, -0.1) is 0 Å². The number of benzene rings is 1. The van der Waals surface area contributed by atoms with Gasteiger partial charge in [-0.25, -0.2) is 14.1 Å². The summed E-state index contributed by atoms with van der Waals surface area (Å²) < 4.78 is 21.4. The van der Waals surface area contributed by atoms with Gasteiger partial charge >= 0.3 is 0 Å². The van der Waals surface area contributed by atoms with Crippen molar-refractivity contribution in [2.75, 3.05) is 0 Å². The summed E-state index contributed by atoms with van der Waals surface area (Å²) in [7, 11) is 0. The molecular weight excluding hydrogens is 361 g/mol. The summed E-state index contributed by atoms with van der Waals surface area (Å²) >= 11 is 3.15. The lowest BCUT2D eigenvalue weighted by Crippen LogP contribution is -2.05. The Bertz CT molecular complexity index is 848. The number of hydrogen-bond donors (Lipinski definition) is 0. The topological polar surface area (TPSA) is 39.9 Å². The molecule has 0 saturated carbocycles. The fourth-order valence-corrected chi connectivity index (χ4v) is 2.58. The van der Waals surface area contributed by atoms with Crippen molar-refractivity contribution in [3.63, 3.8) is 0 Å². The molecule has 0 amide bonds. The van der Waals surface area contributed by atoms with Crippen LogP contribution in [0.4, 0.5) is 4.39 Å². The maximum Gasteiger partial charge on any atom is 0.223 e. The number of nitrogens with zero attached hydrogens (tertiary/aromatic N) is 3. The van der Waals surface area contributed by atoms with Gasteiger partial charge in [-0.3, -0.25) is 0 Å². The first-order chi connectivity index (χ1) is 11.2. The third kappa shape index (κ3) is 2.86. The molecule has 3 heterocycles. The number of rotatable bonds is 1. The second-order valence-electron chi connectivity index (χ2n) is 4.69. The second kappa shape index (κ2) is 6.50. The highest BCUT2D eigenvalue weighted by molar-refractivity contribution is 9.10. The van der Waals surface area contributed by atoms with Crippen molar-refractivity contribution in [2.45, 2.75) is 20.5 Å². The molecule has 0 saturated heterocycles. The molecule has 118 valence electrons. The molecule has 4 nitrogen and oxygen atoms in total. The lowest BCUT2D eigenvalue weighted by molar-refractivity contribution is 0.290. The Kier molecular flexibility index (Phi) is 4.43. The predicted molar refractivity (Wildman–Crippen MR) is 90.1 cm³/mol. The lowest BCUT2D eigenvalue weighted by Gasteiger charge is -2.14.